The third-order valence-corrected chi connectivity index (χ3v) is 3.19. The first kappa shape index (κ1) is 15.0. The van der Waals surface area contributed by atoms with Crippen molar-refractivity contribution in [3.8, 4) is 0 Å². The molecule has 1 rings (SSSR count). The van der Waals surface area contributed by atoms with Gasteiger partial charge in [-0.1, -0.05) is 26.0 Å². The van der Waals surface area contributed by atoms with E-state index in [1.807, 2.05) is 0 Å². The molecule has 0 spiro atoms. The van der Waals surface area contributed by atoms with E-state index >= 15 is 0 Å². The lowest BCUT2D eigenvalue weighted by molar-refractivity contribution is 0.296. The summed E-state index contributed by atoms with van der Waals surface area (Å²) in [5.74, 6) is 0. The zero-order valence-corrected chi connectivity index (χ0v) is 11.8. The van der Waals surface area contributed by atoms with Gasteiger partial charge in [-0.25, -0.2) is 0 Å². The minimum Gasteiger partial charge on any atom is -0.385 e. The van der Waals surface area contributed by atoms with Crippen LogP contribution in [0.2, 0.25) is 0 Å². The van der Waals surface area contributed by atoms with Crippen LogP contribution in [0.5, 0.6) is 0 Å². The van der Waals surface area contributed by atoms with Gasteiger partial charge in [0, 0.05) is 18.8 Å². The van der Waals surface area contributed by atoms with Crippen molar-refractivity contribution >= 4 is 5.69 Å². The van der Waals surface area contributed by atoms with Gasteiger partial charge in [0.05, 0.1) is 0 Å². The van der Waals surface area contributed by atoms with E-state index in [1.54, 1.807) is 0 Å². The Morgan fingerprint density at radius 1 is 1.17 bits per heavy atom. The fourth-order valence-corrected chi connectivity index (χ4v) is 1.99. The summed E-state index contributed by atoms with van der Waals surface area (Å²) in [5.41, 5.74) is 8.08. The molecule has 0 atom stereocenters. The van der Waals surface area contributed by atoms with Crippen LogP contribution in [0, 0.1) is 0 Å². The molecule has 0 fully saturated rings. The minimum absolute atomic E-state index is 0.781. The Bertz CT molecular complexity index is 321. The number of rotatable bonds is 9. The topological polar surface area (TPSA) is 41.3 Å². The summed E-state index contributed by atoms with van der Waals surface area (Å²) in [6.45, 7) is 9.44. The molecule has 0 saturated heterocycles. The number of hydrogen-bond donors (Lipinski definition) is 2. The van der Waals surface area contributed by atoms with Gasteiger partial charge in [0.2, 0.25) is 0 Å². The predicted octanol–water partition coefficient (Wildman–Crippen LogP) is 2.68. The van der Waals surface area contributed by atoms with Crippen LogP contribution < -0.4 is 11.1 Å². The quantitative estimate of drug-likeness (QED) is 0.661. The lowest BCUT2D eigenvalue weighted by atomic mass is 10.2. The van der Waals surface area contributed by atoms with Gasteiger partial charge >= 0.3 is 0 Å². The molecule has 1 aromatic carbocycles. The Hall–Kier alpha value is -1.06. The summed E-state index contributed by atoms with van der Waals surface area (Å²) in [4.78, 5) is 2.42. The molecule has 0 unspecified atom stereocenters. The minimum atomic E-state index is 0.781. The van der Waals surface area contributed by atoms with Crippen molar-refractivity contribution in [3.63, 3.8) is 0 Å². The smallest absolute Gasteiger partial charge is 0.0343 e. The second kappa shape index (κ2) is 8.95. The molecule has 0 aliphatic carbocycles. The van der Waals surface area contributed by atoms with Crippen molar-refractivity contribution in [2.24, 2.45) is 5.73 Å². The Balaban J connectivity index is 2.45. The highest BCUT2D eigenvalue weighted by Crippen LogP contribution is 2.12. The molecule has 3 N–H and O–H groups in total. The van der Waals surface area contributed by atoms with Crippen molar-refractivity contribution in [1.29, 1.82) is 0 Å². The molecule has 0 aliphatic rings. The molecule has 102 valence electrons. The summed E-state index contributed by atoms with van der Waals surface area (Å²) in [5, 5.41) is 3.46. The highest BCUT2D eigenvalue weighted by molar-refractivity contribution is 5.45. The Kier molecular flexibility index (Phi) is 7.46. The molecule has 3 nitrogen and oxygen atoms in total. The number of hydrogen-bond acceptors (Lipinski definition) is 3. The molecule has 0 saturated carbocycles. The third kappa shape index (κ3) is 5.52. The Morgan fingerprint density at radius 2 is 1.94 bits per heavy atom. The zero-order valence-electron chi connectivity index (χ0n) is 11.8. The van der Waals surface area contributed by atoms with Gasteiger partial charge in [-0.3, -0.25) is 4.90 Å². The maximum Gasteiger partial charge on any atom is 0.0343 e. The van der Waals surface area contributed by atoms with Gasteiger partial charge in [0.25, 0.3) is 0 Å². The largest absolute Gasteiger partial charge is 0.385 e. The first-order valence-corrected chi connectivity index (χ1v) is 7.05. The number of anilines is 1. The maximum absolute atomic E-state index is 5.48. The van der Waals surface area contributed by atoms with Crippen molar-refractivity contribution < 1.29 is 0 Å². The lowest BCUT2D eigenvalue weighted by Crippen LogP contribution is -2.22. The molecule has 0 aliphatic heterocycles. The Labute approximate surface area is 111 Å². The number of nitrogens with two attached hydrogens (primary N) is 1. The number of nitrogens with zero attached hydrogens (tertiary/aromatic N) is 1. The van der Waals surface area contributed by atoms with Gasteiger partial charge in [-0.2, -0.15) is 0 Å². The zero-order chi connectivity index (χ0) is 13.2. The van der Waals surface area contributed by atoms with Crippen molar-refractivity contribution in [1.82, 2.24) is 4.90 Å². The van der Waals surface area contributed by atoms with Crippen LogP contribution in [-0.4, -0.2) is 31.1 Å². The van der Waals surface area contributed by atoms with Crippen LogP contribution in [-0.2, 0) is 6.54 Å². The molecular weight excluding hydrogens is 222 g/mol. The molecule has 0 heterocycles. The number of unbranched alkanes of at least 4 members (excludes halogenated alkanes) is 1. The van der Waals surface area contributed by atoms with Crippen LogP contribution in [0.1, 0.15) is 32.3 Å². The molecule has 18 heavy (non-hydrogen) atoms. The van der Waals surface area contributed by atoms with Crippen LogP contribution in [0.25, 0.3) is 0 Å². The van der Waals surface area contributed by atoms with Gasteiger partial charge < -0.3 is 11.1 Å². The summed E-state index contributed by atoms with van der Waals surface area (Å²) in [6.07, 6.45) is 2.23. The van der Waals surface area contributed by atoms with Crippen molar-refractivity contribution in [2.75, 3.05) is 31.5 Å². The average molecular weight is 249 g/mol. The maximum atomic E-state index is 5.48. The van der Waals surface area contributed by atoms with Gasteiger partial charge in [-0.05, 0) is 50.2 Å². The molecule has 0 aromatic heterocycles. The third-order valence-electron chi connectivity index (χ3n) is 3.19. The normalized spacial score (nSPS) is 10.9. The number of benzene rings is 1. The highest BCUT2D eigenvalue weighted by atomic mass is 15.1. The van der Waals surface area contributed by atoms with Gasteiger partial charge in [0.15, 0.2) is 0 Å². The van der Waals surface area contributed by atoms with E-state index in [2.05, 4.69) is 48.3 Å². The first-order chi connectivity index (χ1) is 8.80. The molecule has 0 amide bonds. The van der Waals surface area contributed by atoms with Crippen LogP contribution in [0.4, 0.5) is 5.69 Å². The van der Waals surface area contributed by atoms with E-state index in [9.17, 15) is 0 Å². The van der Waals surface area contributed by atoms with Gasteiger partial charge in [0.1, 0.15) is 0 Å². The summed E-state index contributed by atoms with van der Waals surface area (Å²) >= 11 is 0. The van der Waals surface area contributed by atoms with E-state index in [-0.39, 0.29) is 0 Å². The average Bonchev–Trinajstić information content (AvgIpc) is 2.41. The van der Waals surface area contributed by atoms with Crippen LogP contribution >= 0.6 is 0 Å². The Morgan fingerprint density at radius 3 is 2.61 bits per heavy atom. The summed E-state index contributed by atoms with van der Waals surface area (Å²) < 4.78 is 0. The SMILES string of the molecule is CCN(CC)Cc1cccc(NCCCCN)c1. The van der Waals surface area contributed by atoms with E-state index in [1.165, 1.54) is 11.3 Å². The summed E-state index contributed by atoms with van der Waals surface area (Å²) in [6, 6.07) is 8.71. The molecule has 0 radical (unpaired) electrons. The summed E-state index contributed by atoms with van der Waals surface area (Å²) in [7, 11) is 0. The standard InChI is InChI=1S/C15H27N3/c1-3-18(4-2)13-14-8-7-9-15(12-14)17-11-6-5-10-16/h7-9,12,17H,3-6,10-11,13,16H2,1-2H3. The molecular formula is C15H27N3. The van der Waals surface area contributed by atoms with Crippen LogP contribution in [0.15, 0.2) is 24.3 Å². The molecule has 1 aromatic rings. The monoisotopic (exact) mass is 249 g/mol. The first-order valence-electron chi connectivity index (χ1n) is 7.05. The van der Waals surface area contributed by atoms with E-state index in [0.29, 0.717) is 0 Å². The fraction of sp³-hybridized carbons (Fsp3) is 0.600. The molecule has 0 bridgehead atoms. The lowest BCUT2D eigenvalue weighted by Gasteiger charge is -2.18. The second-order valence-electron chi connectivity index (χ2n) is 4.58. The van der Waals surface area contributed by atoms with Gasteiger partial charge in [-0.15, -0.1) is 0 Å². The highest BCUT2D eigenvalue weighted by Gasteiger charge is 2.01. The fourth-order valence-electron chi connectivity index (χ4n) is 1.99. The van der Waals surface area contributed by atoms with Crippen molar-refractivity contribution in [3.05, 3.63) is 29.8 Å². The van der Waals surface area contributed by atoms with E-state index in [0.717, 1.165) is 45.6 Å². The van der Waals surface area contributed by atoms with E-state index in [4.69, 9.17) is 5.73 Å². The number of nitrogens with one attached hydrogen (secondary N) is 1. The second-order valence-corrected chi connectivity index (χ2v) is 4.58. The van der Waals surface area contributed by atoms with Crippen LogP contribution in [0.3, 0.4) is 0 Å². The van der Waals surface area contributed by atoms with Crippen molar-refractivity contribution in [2.45, 2.75) is 33.2 Å². The predicted molar refractivity (Wildman–Crippen MR) is 79.8 cm³/mol. The molecule has 3 heteroatoms. The van der Waals surface area contributed by atoms with E-state index < -0.39 is 0 Å².